The molecule has 0 saturated carbocycles. The zero-order valence-electron chi connectivity index (χ0n) is 9.09. The number of alkyl halides is 3. The summed E-state index contributed by atoms with van der Waals surface area (Å²) in [6.07, 6.45) is -4.68. The lowest BCUT2D eigenvalue weighted by molar-refractivity contribution is -0.390. The number of carboxylic acids is 1. The number of halogens is 3. The van der Waals surface area contributed by atoms with Gasteiger partial charge in [-0.15, -0.1) is 13.2 Å². The van der Waals surface area contributed by atoms with Gasteiger partial charge >= 0.3 is 18.1 Å². The summed E-state index contributed by atoms with van der Waals surface area (Å²) in [4.78, 5) is 23.3. The molecule has 0 unspecified atom stereocenters. The van der Waals surface area contributed by atoms with Gasteiger partial charge in [0.15, 0.2) is 11.9 Å². The predicted molar refractivity (Wildman–Crippen MR) is 51.1 cm³/mol. The maximum Gasteiger partial charge on any atom is 0.573 e. The van der Waals surface area contributed by atoms with E-state index in [0.717, 1.165) is 7.11 Å². The first-order chi connectivity index (χ1) is 8.67. The molecule has 19 heavy (non-hydrogen) atoms. The van der Waals surface area contributed by atoms with Crippen LogP contribution in [0.5, 0.6) is 11.5 Å². The van der Waals surface area contributed by atoms with Crippen molar-refractivity contribution in [2.45, 2.75) is 6.36 Å². The zero-order chi connectivity index (χ0) is 14.8. The molecule has 1 N–H and O–H groups in total. The number of carbonyl (C=O) groups is 1. The van der Waals surface area contributed by atoms with E-state index < -0.39 is 40.1 Å². The fourth-order valence-electron chi connectivity index (χ4n) is 1.16. The van der Waals surface area contributed by atoms with Crippen LogP contribution in [0, 0.1) is 10.1 Å². The molecular weight excluding hydrogens is 277 g/mol. The largest absolute Gasteiger partial charge is 0.573 e. The first kappa shape index (κ1) is 14.5. The standard InChI is InChI=1S/C8H5F3N2O6/c1-18-3-2-12-6(13(16)17)4(7(14)15)5(3)19-8(9,10)11/h2H,1H3,(H,14,15). The molecule has 0 aromatic carbocycles. The number of nitrogens with zero attached hydrogens (tertiary/aromatic N) is 2. The Kier molecular flexibility index (Phi) is 3.77. The molecular formula is C8H5F3N2O6. The Hall–Kier alpha value is -2.59. The van der Waals surface area contributed by atoms with E-state index in [2.05, 4.69) is 14.5 Å². The van der Waals surface area contributed by atoms with Gasteiger partial charge in [0, 0.05) is 0 Å². The molecule has 0 fully saturated rings. The van der Waals surface area contributed by atoms with Crippen LogP contribution in [0.15, 0.2) is 6.20 Å². The van der Waals surface area contributed by atoms with Crippen molar-refractivity contribution >= 4 is 11.8 Å². The molecule has 1 aromatic heterocycles. The van der Waals surface area contributed by atoms with Crippen LogP contribution in [0.4, 0.5) is 19.0 Å². The molecule has 1 rings (SSSR count). The molecule has 0 saturated heterocycles. The molecule has 0 spiro atoms. The van der Waals surface area contributed by atoms with E-state index in [9.17, 15) is 28.1 Å². The summed E-state index contributed by atoms with van der Waals surface area (Å²) in [5.41, 5.74) is -1.35. The third kappa shape index (κ3) is 3.20. The Morgan fingerprint density at radius 3 is 2.47 bits per heavy atom. The van der Waals surface area contributed by atoms with Gasteiger partial charge in [-0.1, -0.05) is 0 Å². The monoisotopic (exact) mass is 282 g/mol. The van der Waals surface area contributed by atoms with Gasteiger partial charge < -0.3 is 24.7 Å². The Morgan fingerprint density at radius 2 is 2.11 bits per heavy atom. The number of nitro groups is 1. The summed E-state index contributed by atoms with van der Waals surface area (Å²) >= 11 is 0. The van der Waals surface area contributed by atoms with Gasteiger partial charge in [-0.3, -0.25) is 0 Å². The van der Waals surface area contributed by atoms with Crippen LogP contribution in [0.3, 0.4) is 0 Å². The summed E-state index contributed by atoms with van der Waals surface area (Å²) in [6.45, 7) is 0. The van der Waals surface area contributed by atoms with Crippen molar-refractivity contribution in [2.24, 2.45) is 0 Å². The quantitative estimate of drug-likeness (QED) is 0.659. The second kappa shape index (κ2) is 4.96. The Labute approximate surface area is 102 Å². The summed E-state index contributed by atoms with van der Waals surface area (Å²) < 4.78 is 44.4. The third-order valence-electron chi connectivity index (χ3n) is 1.80. The summed E-state index contributed by atoms with van der Waals surface area (Å²) in [7, 11) is 0.928. The molecule has 0 atom stereocenters. The Morgan fingerprint density at radius 1 is 1.53 bits per heavy atom. The van der Waals surface area contributed by atoms with Crippen LogP contribution in [-0.2, 0) is 0 Å². The molecule has 0 amide bonds. The van der Waals surface area contributed by atoms with Gasteiger partial charge in [0.05, 0.1) is 7.11 Å². The van der Waals surface area contributed by atoms with E-state index in [4.69, 9.17) is 5.11 Å². The molecule has 1 heterocycles. The average molecular weight is 282 g/mol. The van der Waals surface area contributed by atoms with Crippen LogP contribution in [0.1, 0.15) is 10.4 Å². The van der Waals surface area contributed by atoms with E-state index >= 15 is 0 Å². The van der Waals surface area contributed by atoms with Crippen molar-refractivity contribution in [1.29, 1.82) is 0 Å². The van der Waals surface area contributed by atoms with Crippen molar-refractivity contribution in [3.8, 4) is 11.5 Å². The Bertz CT molecular complexity index is 530. The fourth-order valence-corrected chi connectivity index (χ4v) is 1.16. The maximum atomic E-state index is 12.2. The van der Waals surface area contributed by atoms with E-state index in [1.165, 1.54) is 0 Å². The lowest BCUT2D eigenvalue weighted by Gasteiger charge is -2.13. The van der Waals surface area contributed by atoms with Gasteiger partial charge in [0.2, 0.25) is 11.3 Å². The number of pyridine rings is 1. The molecule has 0 radical (unpaired) electrons. The molecule has 0 aliphatic heterocycles. The minimum absolute atomic E-state index is 0.561. The van der Waals surface area contributed by atoms with Gasteiger partial charge in [0.1, 0.15) is 0 Å². The van der Waals surface area contributed by atoms with Gasteiger partial charge in [0.25, 0.3) is 0 Å². The SMILES string of the molecule is COc1cnc([N+](=O)[O-])c(C(=O)O)c1OC(F)(F)F. The number of aromatic nitrogens is 1. The average Bonchev–Trinajstić information content (AvgIpc) is 2.25. The highest BCUT2D eigenvalue weighted by atomic mass is 19.4. The number of aromatic carboxylic acids is 1. The third-order valence-corrected chi connectivity index (χ3v) is 1.80. The van der Waals surface area contributed by atoms with Crippen LogP contribution in [0.2, 0.25) is 0 Å². The number of hydrogen-bond acceptors (Lipinski definition) is 6. The van der Waals surface area contributed by atoms with Crippen molar-refractivity contribution in [1.82, 2.24) is 4.98 Å². The smallest absolute Gasteiger partial charge is 0.490 e. The summed E-state index contributed by atoms with van der Waals surface area (Å²) in [5, 5.41) is 19.3. The van der Waals surface area contributed by atoms with Gasteiger partial charge in [-0.25, -0.2) is 4.79 Å². The maximum absolute atomic E-state index is 12.2. The second-order valence-electron chi connectivity index (χ2n) is 2.96. The number of hydrogen-bond donors (Lipinski definition) is 1. The van der Waals surface area contributed by atoms with E-state index in [-0.39, 0.29) is 0 Å². The summed E-state index contributed by atoms with van der Waals surface area (Å²) in [6, 6.07) is 0. The number of ether oxygens (including phenoxy) is 2. The second-order valence-corrected chi connectivity index (χ2v) is 2.96. The van der Waals surface area contributed by atoms with Crippen LogP contribution in [0.25, 0.3) is 0 Å². The van der Waals surface area contributed by atoms with E-state index in [1.807, 2.05) is 0 Å². The highest BCUT2D eigenvalue weighted by Crippen LogP contribution is 2.38. The lowest BCUT2D eigenvalue weighted by atomic mass is 10.2. The van der Waals surface area contributed by atoms with Crippen molar-refractivity contribution < 1.29 is 37.5 Å². The van der Waals surface area contributed by atoms with Gasteiger partial charge in [-0.05, 0) is 9.91 Å². The first-order valence-corrected chi connectivity index (χ1v) is 4.37. The first-order valence-electron chi connectivity index (χ1n) is 4.37. The molecule has 1 aromatic rings. The molecule has 8 nitrogen and oxygen atoms in total. The van der Waals surface area contributed by atoms with Crippen LogP contribution in [-0.4, -0.2) is 34.5 Å². The van der Waals surface area contributed by atoms with Crippen LogP contribution >= 0.6 is 0 Å². The molecule has 0 aliphatic rings. The molecule has 104 valence electrons. The zero-order valence-corrected chi connectivity index (χ0v) is 9.09. The van der Waals surface area contributed by atoms with Crippen LogP contribution < -0.4 is 9.47 Å². The normalized spacial score (nSPS) is 10.9. The van der Waals surface area contributed by atoms with Gasteiger partial charge in [-0.2, -0.15) is 0 Å². The highest BCUT2D eigenvalue weighted by Gasteiger charge is 2.39. The number of rotatable bonds is 4. The lowest BCUT2D eigenvalue weighted by Crippen LogP contribution is -2.20. The number of carboxylic acid groups (broad SMARTS) is 1. The minimum Gasteiger partial charge on any atom is -0.490 e. The van der Waals surface area contributed by atoms with E-state index in [0.29, 0.717) is 6.20 Å². The van der Waals surface area contributed by atoms with E-state index in [1.54, 1.807) is 0 Å². The minimum atomic E-state index is -5.24. The Balaban J connectivity index is 3.57. The van der Waals surface area contributed by atoms with Crippen molar-refractivity contribution in [2.75, 3.05) is 7.11 Å². The highest BCUT2D eigenvalue weighted by molar-refractivity contribution is 5.95. The molecule has 0 bridgehead atoms. The molecule has 0 aliphatic carbocycles. The fraction of sp³-hybridized carbons (Fsp3) is 0.250. The number of methoxy groups -OCH3 is 1. The van der Waals surface area contributed by atoms with Crippen molar-refractivity contribution in [3.05, 3.63) is 21.9 Å². The summed E-state index contributed by atoms with van der Waals surface area (Å²) in [5.74, 6) is -5.31. The molecule has 11 heteroatoms. The topological polar surface area (TPSA) is 112 Å². The van der Waals surface area contributed by atoms with Crippen molar-refractivity contribution in [3.63, 3.8) is 0 Å². The predicted octanol–water partition coefficient (Wildman–Crippen LogP) is 1.60.